The van der Waals surface area contributed by atoms with Crippen molar-refractivity contribution >= 4 is 11.8 Å². The highest BCUT2D eigenvalue weighted by atomic mass is 32.2. The third-order valence-corrected chi connectivity index (χ3v) is 3.58. The minimum atomic E-state index is -0.288. The van der Waals surface area contributed by atoms with Gasteiger partial charge in [-0.25, -0.2) is 0 Å². The molecule has 2 rings (SSSR count). The third kappa shape index (κ3) is 3.82. The molecule has 1 N–H and O–H groups in total. The number of hydrogen-bond acceptors (Lipinski definition) is 4. The van der Waals surface area contributed by atoms with E-state index in [2.05, 4.69) is 16.4 Å². The summed E-state index contributed by atoms with van der Waals surface area (Å²) < 4.78 is 0. The maximum absolute atomic E-state index is 9.25. The van der Waals surface area contributed by atoms with Crippen LogP contribution in [-0.2, 0) is 6.54 Å². The zero-order valence-corrected chi connectivity index (χ0v) is 11.5. The maximum atomic E-state index is 9.25. The Bertz CT molecular complexity index is 546. The molecule has 0 bridgehead atoms. The highest BCUT2D eigenvalue weighted by Crippen LogP contribution is 2.19. The lowest BCUT2D eigenvalue weighted by Crippen LogP contribution is -2.19. The molecule has 1 heterocycles. The van der Waals surface area contributed by atoms with Crippen molar-refractivity contribution in [1.29, 1.82) is 5.26 Å². The van der Waals surface area contributed by atoms with Gasteiger partial charge in [-0.3, -0.25) is 10.3 Å². The molecule has 1 atom stereocenters. The summed E-state index contributed by atoms with van der Waals surface area (Å²) in [5.74, 6) is 0. The van der Waals surface area contributed by atoms with Crippen molar-refractivity contribution in [2.75, 3.05) is 6.26 Å². The van der Waals surface area contributed by atoms with Crippen molar-refractivity contribution in [1.82, 2.24) is 10.3 Å². The van der Waals surface area contributed by atoms with Gasteiger partial charge in [0.15, 0.2) is 0 Å². The quantitative estimate of drug-likeness (QED) is 0.847. The first kappa shape index (κ1) is 13.6. The van der Waals surface area contributed by atoms with Gasteiger partial charge >= 0.3 is 0 Å². The summed E-state index contributed by atoms with van der Waals surface area (Å²) in [5, 5.41) is 12.5. The van der Waals surface area contributed by atoms with E-state index in [1.54, 1.807) is 24.2 Å². The molecule has 0 radical (unpaired) electrons. The summed E-state index contributed by atoms with van der Waals surface area (Å²) in [4.78, 5) is 5.18. The van der Waals surface area contributed by atoms with E-state index in [0.717, 1.165) is 11.1 Å². The molecule has 2 aromatic rings. The van der Waals surface area contributed by atoms with Gasteiger partial charge in [-0.2, -0.15) is 5.26 Å². The van der Waals surface area contributed by atoms with Gasteiger partial charge in [0.05, 0.1) is 6.07 Å². The van der Waals surface area contributed by atoms with Crippen molar-refractivity contribution in [3.8, 4) is 6.07 Å². The number of benzene rings is 1. The summed E-state index contributed by atoms with van der Waals surface area (Å²) >= 11 is 1.70. The van der Waals surface area contributed by atoms with Gasteiger partial charge in [-0.15, -0.1) is 11.8 Å². The molecule has 0 saturated heterocycles. The molecule has 0 aliphatic carbocycles. The van der Waals surface area contributed by atoms with Crippen molar-refractivity contribution in [2.45, 2.75) is 17.5 Å². The lowest BCUT2D eigenvalue weighted by Gasteiger charge is -2.12. The molecule has 3 nitrogen and oxygen atoms in total. The SMILES string of the molecule is CSc1ccc(C(C#N)NCc2ccncc2)cc1. The smallest absolute Gasteiger partial charge is 0.121 e. The fraction of sp³-hybridized carbons (Fsp3) is 0.200. The van der Waals surface area contributed by atoms with Gasteiger partial charge in [-0.05, 0) is 41.6 Å². The van der Waals surface area contributed by atoms with Crippen molar-refractivity contribution in [3.05, 3.63) is 59.9 Å². The lowest BCUT2D eigenvalue weighted by atomic mass is 10.1. The number of aromatic nitrogens is 1. The third-order valence-electron chi connectivity index (χ3n) is 2.84. The minimum absolute atomic E-state index is 0.288. The molecule has 0 fully saturated rings. The highest BCUT2D eigenvalue weighted by molar-refractivity contribution is 7.98. The standard InChI is InChI=1S/C15H15N3S/c1-19-14-4-2-13(3-5-14)15(10-16)18-11-12-6-8-17-9-7-12/h2-9,15,18H,11H2,1H3. The van der Waals surface area contributed by atoms with Crippen LogP contribution in [0.2, 0.25) is 0 Å². The molecule has 4 heteroatoms. The van der Waals surface area contributed by atoms with Gasteiger partial charge in [-0.1, -0.05) is 12.1 Å². The van der Waals surface area contributed by atoms with Crippen LogP contribution in [0.1, 0.15) is 17.2 Å². The van der Waals surface area contributed by atoms with Crippen LogP contribution in [0.15, 0.2) is 53.7 Å². The Labute approximate surface area is 117 Å². The lowest BCUT2D eigenvalue weighted by molar-refractivity contribution is 0.629. The molecule has 0 saturated carbocycles. The van der Waals surface area contributed by atoms with E-state index in [1.807, 2.05) is 42.7 Å². The molecular formula is C15H15N3S. The summed E-state index contributed by atoms with van der Waals surface area (Å²) in [7, 11) is 0. The molecule has 1 unspecified atom stereocenters. The van der Waals surface area contributed by atoms with Gasteiger partial charge in [0.1, 0.15) is 6.04 Å². The zero-order valence-electron chi connectivity index (χ0n) is 10.7. The van der Waals surface area contributed by atoms with E-state index < -0.39 is 0 Å². The topological polar surface area (TPSA) is 48.7 Å². The number of nitriles is 1. The number of thioether (sulfide) groups is 1. The van der Waals surface area contributed by atoms with Gasteiger partial charge in [0, 0.05) is 23.8 Å². The first-order valence-electron chi connectivity index (χ1n) is 5.99. The Balaban J connectivity index is 2.02. The Morgan fingerprint density at radius 1 is 1.21 bits per heavy atom. The average molecular weight is 269 g/mol. The molecule has 19 heavy (non-hydrogen) atoms. The minimum Gasteiger partial charge on any atom is -0.294 e. The second-order valence-corrected chi connectivity index (χ2v) is 4.95. The first-order chi connectivity index (χ1) is 9.33. The summed E-state index contributed by atoms with van der Waals surface area (Å²) in [5.41, 5.74) is 2.12. The number of nitrogens with one attached hydrogen (secondary N) is 1. The van der Waals surface area contributed by atoms with Crippen molar-refractivity contribution in [2.24, 2.45) is 0 Å². The molecule has 1 aromatic heterocycles. The van der Waals surface area contributed by atoms with Crippen LogP contribution in [0.25, 0.3) is 0 Å². The van der Waals surface area contributed by atoms with E-state index >= 15 is 0 Å². The molecule has 0 spiro atoms. The summed E-state index contributed by atoms with van der Waals surface area (Å²) in [6.07, 6.45) is 5.55. The second-order valence-electron chi connectivity index (χ2n) is 4.07. The molecule has 96 valence electrons. The van der Waals surface area contributed by atoms with E-state index in [0.29, 0.717) is 6.54 Å². The number of rotatable bonds is 5. The number of nitrogens with zero attached hydrogens (tertiary/aromatic N) is 2. The predicted molar refractivity (Wildman–Crippen MR) is 77.7 cm³/mol. The van der Waals surface area contributed by atoms with Crippen molar-refractivity contribution in [3.63, 3.8) is 0 Å². The Kier molecular flexibility index (Phi) is 4.96. The van der Waals surface area contributed by atoms with E-state index in [-0.39, 0.29) is 6.04 Å². The largest absolute Gasteiger partial charge is 0.294 e. The van der Waals surface area contributed by atoms with Gasteiger partial charge < -0.3 is 0 Å². The highest BCUT2D eigenvalue weighted by Gasteiger charge is 2.09. The van der Waals surface area contributed by atoms with Crippen LogP contribution in [0.3, 0.4) is 0 Å². The molecule has 0 amide bonds. The van der Waals surface area contributed by atoms with Crippen LogP contribution in [-0.4, -0.2) is 11.2 Å². The fourth-order valence-corrected chi connectivity index (χ4v) is 2.16. The van der Waals surface area contributed by atoms with E-state index in [9.17, 15) is 5.26 Å². The summed E-state index contributed by atoms with van der Waals surface area (Å²) in [6, 6.07) is 14.0. The Morgan fingerprint density at radius 2 is 1.89 bits per heavy atom. The van der Waals surface area contributed by atoms with Crippen LogP contribution >= 0.6 is 11.8 Å². The van der Waals surface area contributed by atoms with Crippen LogP contribution < -0.4 is 5.32 Å². The Morgan fingerprint density at radius 3 is 2.47 bits per heavy atom. The molecule has 1 aromatic carbocycles. The second kappa shape index (κ2) is 6.93. The normalized spacial score (nSPS) is 11.8. The maximum Gasteiger partial charge on any atom is 0.121 e. The van der Waals surface area contributed by atoms with Crippen LogP contribution in [0, 0.1) is 11.3 Å². The monoisotopic (exact) mass is 269 g/mol. The predicted octanol–water partition coefficient (Wildman–Crippen LogP) is 3.16. The van der Waals surface area contributed by atoms with E-state index in [1.165, 1.54) is 4.90 Å². The van der Waals surface area contributed by atoms with Crippen LogP contribution in [0.5, 0.6) is 0 Å². The molecule has 0 aliphatic rings. The van der Waals surface area contributed by atoms with E-state index in [4.69, 9.17) is 0 Å². The molecular weight excluding hydrogens is 254 g/mol. The van der Waals surface area contributed by atoms with Gasteiger partial charge in [0.25, 0.3) is 0 Å². The molecule has 0 aliphatic heterocycles. The fourth-order valence-electron chi connectivity index (χ4n) is 1.75. The summed E-state index contributed by atoms with van der Waals surface area (Å²) in [6.45, 7) is 0.658. The number of pyridine rings is 1. The zero-order chi connectivity index (χ0) is 13.5. The first-order valence-corrected chi connectivity index (χ1v) is 7.22. The number of hydrogen-bond donors (Lipinski definition) is 1. The van der Waals surface area contributed by atoms with Crippen molar-refractivity contribution < 1.29 is 0 Å². The Hall–Kier alpha value is -1.83. The van der Waals surface area contributed by atoms with Gasteiger partial charge in [0.2, 0.25) is 0 Å². The van der Waals surface area contributed by atoms with Crippen LogP contribution in [0.4, 0.5) is 0 Å². The average Bonchev–Trinajstić information content (AvgIpc) is 2.49.